The number of carbonyl (C=O) groups is 1. The number of benzene rings is 2. The molecule has 0 aromatic heterocycles. The van der Waals surface area contributed by atoms with Crippen LogP contribution in [-0.2, 0) is 4.79 Å². The molecule has 7 heteroatoms. The van der Waals surface area contributed by atoms with Crippen molar-refractivity contribution in [2.75, 3.05) is 14.2 Å². The van der Waals surface area contributed by atoms with E-state index < -0.39 is 12.1 Å². The number of ether oxygens (including phenoxy) is 3. The van der Waals surface area contributed by atoms with Crippen molar-refractivity contribution in [3.05, 3.63) is 47.0 Å². The summed E-state index contributed by atoms with van der Waals surface area (Å²) in [6.07, 6.45) is 0.504. The number of hydrogen-bond acceptors (Lipinski definition) is 5. The second kappa shape index (κ2) is 8.39. The van der Waals surface area contributed by atoms with E-state index in [1.165, 1.54) is 21.1 Å². The van der Waals surface area contributed by atoms with E-state index in [2.05, 4.69) is 4.99 Å². The van der Waals surface area contributed by atoms with Crippen LogP contribution in [0, 0.1) is 0 Å². The molecule has 0 heterocycles. The van der Waals surface area contributed by atoms with Crippen LogP contribution in [0.25, 0.3) is 0 Å². The van der Waals surface area contributed by atoms with Crippen molar-refractivity contribution in [2.45, 2.75) is 13.0 Å². The average molecular weight is 364 g/mol. The van der Waals surface area contributed by atoms with Crippen LogP contribution in [0.3, 0.4) is 0 Å². The van der Waals surface area contributed by atoms with Gasteiger partial charge in [-0.1, -0.05) is 17.7 Å². The Morgan fingerprint density at radius 2 is 1.92 bits per heavy atom. The summed E-state index contributed by atoms with van der Waals surface area (Å²) >= 11 is 6.00. The molecule has 0 aliphatic rings. The fourth-order valence-electron chi connectivity index (χ4n) is 2.05. The van der Waals surface area contributed by atoms with Crippen LogP contribution in [0.1, 0.15) is 12.5 Å². The van der Waals surface area contributed by atoms with E-state index in [1.807, 2.05) is 0 Å². The Morgan fingerprint density at radius 1 is 1.20 bits per heavy atom. The predicted molar refractivity (Wildman–Crippen MR) is 96.0 cm³/mol. The van der Waals surface area contributed by atoms with Gasteiger partial charge in [0.05, 0.1) is 14.2 Å². The molecule has 0 unspecified atom stereocenters. The molecule has 0 aliphatic heterocycles. The minimum atomic E-state index is -1.08. The highest BCUT2D eigenvalue weighted by molar-refractivity contribution is 6.30. The molecular weight excluding hydrogens is 346 g/mol. The van der Waals surface area contributed by atoms with Crippen molar-refractivity contribution in [2.24, 2.45) is 4.99 Å². The molecular formula is C18H18ClNO5. The number of carboxylic acid groups (broad SMARTS) is 1. The van der Waals surface area contributed by atoms with Crippen LogP contribution in [0.15, 0.2) is 41.4 Å². The molecule has 25 heavy (non-hydrogen) atoms. The van der Waals surface area contributed by atoms with E-state index in [9.17, 15) is 4.79 Å². The van der Waals surface area contributed by atoms with Gasteiger partial charge in [0.15, 0.2) is 17.6 Å². The molecule has 0 spiro atoms. The van der Waals surface area contributed by atoms with Crippen molar-refractivity contribution in [3.8, 4) is 17.2 Å². The molecule has 0 amide bonds. The van der Waals surface area contributed by atoms with Crippen LogP contribution >= 0.6 is 11.6 Å². The smallest absolute Gasteiger partial charge is 0.344 e. The normalized spacial score (nSPS) is 12.0. The van der Waals surface area contributed by atoms with Gasteiger partial charge in [0, 0.05) is 16.8 Å². The zero-order valence-electron chi connectivity index (χ0n) is 14.0. The monoisotopic (exact) mass is 363 g/mol. The number of nitrogens with zero attached hydrogens (tertiary/aromatic N) is 1. The molecule has 2 aromatic rings. The van der Waals surface area contributed by atoms with Crippen molar-refractivity contribution in [3.63, 3.8) is 0 Å². The standard InChI is InChI=1S/C18H18ClNO5/c1-11(18(21)22)25-17-12(5-4-6-16(17)24-3)10-20-14-9-13(19)7-8-15(14)23-2/h4-11H,1-3H3,(H,21,22)/t11-/m1/s1. The molecule has 0 bridgehead atoms. The van der Waals surface area contributed by atoms with E-state index in [0.717, 1.165) is 0 Å². The minimum absolute atomic E-state index is 0.296. The van der Waals surface area contributed by atoms with Crippen LogP contribution in [0.2, 0.25) is 5.02 Å². The molecule has 2 aromatic carbocycles. The molecule has 1 atom stereocenters. The first-order valence-corrected chi connectivity index (χ1v) is 7.78. The van der Waals surface area contributed by atoms with Gasteiger partial charge in [-0.15, -0.1) is 0 Å². The van der Waals surface area contributed by atoms with E-state index in [0.29, 0.717) is 33.5 Å². The van der Waals surface area contributed by atoms with Crippen LogP contribution in [-0.4, -0.2) is 37.6 Å². The quantitative estimate of drug-likeness (QED) is 0.753. The van der Waals surface area contributed by atoms with E-state index in [4.69, 9.17) is 30.9 Å². The van der Waals surface area contributed by atoms with Crippen LogP contribution < -0.4 is 14.2 Å². The Morgan fingerprint density at radius 3 is 2.56 bits per heavy atom. The Labute approximate surface area is 150 Å². The number of carboxylic acids is 1. The number of aliphatic carboxylic acids is 1. The molecule has 0 saturated heterocycles. The Bertz CT molecular complexity index is 791. The Balaban J connectivity index is 2.42. The number of hydrogen-bond donors (Lipinski definition) is 1. The second-order valence-corrected chi connectivity index (χ2v) is 5.49. The summed E-state index contributed by atoms with van der Waals surface area (Å²) < 4.78 is 16.0. The van der Waals surface area contributed by atoms with Gasteiger partial charge in [-0.25, -0.2) is 4.79 Å². The Hall–Kier alpha value is -2.73. The molecule has 6 nitrogen and oxygen atoms in total. The largest absolute Gasteiger partial charge is 0.494 e. The molecule has 0 radical (unpaired) electrons. The highest BCUT2D eigenvalue weighted by Gasteiger charge is 2.18. The summed E-state index contributed by atoms with van der Waals surface area (Å²) in [5, 5.41) is 9.60. The summed E-state index contributed by atoms with van der Waals surface area (Å²) in [6, 6.07) is 10.3. The maximum atomic E-state index is 11.1. The first-order chi connectivity index (χ1) is 12.0. The SMILES string of the molecule is COc1ccc(Cl)cc1N=Cc1cccc(OC)c1O[C@H](C)C(=O)O. The van der Waals surface area contributed by atoms with Gasteiger partial charge in [0.1, 0.15) is 11.4 Å². The first-order valence-electron chi connectivity index (χ1n) is 7.40. The lowest BCUT2D eigenvalue weighted by Gasteiger charge is -2.15. The lowest BCUT2D eigenvalue weighted by molar-refractivity contribution is -0.144. The molecule has 1 N–H and O–H groups in total. The predicted octanol–water partition coefficient (Wildman–Crippen LogP) is 3.96. The highest BCUT2D eigenvalue weighted by atomic mass is 35.5. The summed E-state index contributed by atoms with van der Waals surface area (Å²) in [5.74, 6) is 0.190. The zero-order chi connectivity index (χ0) is 18.4. The number of aliphatic imine (C=N–C) groups is 1. The van der Waals surface area contributed by atoms with Crippen LogP contribution in [0.5, 0.6) is 17.2 Å². The van der Waals surface area contributed by atoms with E-state index in [-0.39, 0.29) is 0 Å². The van der Waals surface area contributed by atoms with E-state index in [1.54, 1.807) is 42.6 Å². The van der Waals surface area contributed by atoms with E-state index >= 15 is 0 Å². The van der Waals surface area contributed by atoms with Crippen molar-refractivity contribution >= 4 is 29.5 Å². The van der Waals surface area contributed by atoms with Gasteiger partial charge < -0.3 is 19.3 Å². The van der Waals surface area contributed by atoms with Crippen molar-refractivity contribution in [1.29, 1.82) is 0 Å². The fraction of sp³-hybridized carbons (Fsp3) is 0.222. The topological polar surface area (TPSA) is 77.3 Å². The van der Waals surface area contributed by atoms with Gasteiger partial charge in [-0.2, -0.15) is 0 Å². The molecule has 0 aliphatic carbocycles. The third kappa shape index (κ3) is 4.64. The third-order valence-corrected chi connectivity index (χ3v) is 3.59. The Kier molecular flexibility index (Phi) is 6.25. The lowest BCUT2D eigenvalue weighted by Crippen LogP contribution is -2.23. The summed E-state index contributed by atoms with van der Waals surface area (Å²) in [4.78, 5) is 15.5. The van der Waals surface area contributed by atoms with Gasteiger partial charge in [0.2, 0.25) is 0 Å². The fourth-order valence-corrected chi connectivity index (χ4v) is 2.22. The number of para-hydroxylation sites is 1. The summed E-state index contributed by atoms with van der Waals surface area (Å²) in [6.45, 7) is 1.44. The van der Waals surface area contributed by atoms with Crippen molar-refractivity contribution in [1.82, 2.24) is 0 Å². The maximum absolute atomic E-state index is 11.1. The molecule has 2 rings (SSSR count). The molecule has 0 fully saturated rings. The van der Waals surface area contributed by atoms with Gasteiger partial charge >= 0.3 is 5.97 Å². The average Bonchev–Trinajstić information content (AvgIpc) is 2.60. The zero-order valence-corrected chi connectivity index (χ0v) is 14.8. The second-order valence-electron chi connectivity index (χ2n) is 5.05. The maximum Gasteiger partial charge on any atom is 0.344 e. The summed E-state index contributed by atoms with van der Waals surface area (Å²) in [7, 11) is 3.02. The molecule has 132 valence electrons. The summed E-state index contributed by atoms with van der Waals surface area (Å²) in [5.41, 5.74) is 1.10. The lowest BCUT2D eigenvalue weighted by atomic mass is 10.2. The van der Waals surface area contributed by atoms with Crippen molar-refractivity contribution < 1.29 is 24.1 Å². The van der Waals surface area contributed by atoms with Gasteiger partial charge in [-0.05, 0) is 37.3 Å². The number of rotatable bonds is 7. The van der Waals surface area contributed by atoms with Gasteiger partial charge in [0.25, 0.3) is 0 Å². The highest BCUT2D eigenvalue weighted by Crippen LogP contribution is 2.33. The number of methoxy groups -OCH3 is 2. The van der Waals surface area contributed by atoms with Gasteiger partial charge in [-0.3, -0.25) is 4.99 Å². The number of halogens is 1. The third-order valence-electron chi connectivity index (χ3n) is 3.36. The van der Waals surface area contributed by atoms with Crippen LogP contribution in [0.4, 0.5) is 5.69 Å². The first kappa shape index (κ1) is 18.6. The minimum Gasteiger partial charge on any atom is -0.494 e. The molecule has 0 saturated carbocycles.